The normalized spacial score (nSPS) is 9.81. The summed E-state index contributed by atoms with van der Waals surface area (Å²) in [6.07, 6.45) is 3.36. The SMILES string of the molecule is COc1cccc(NC(=O)c2cc[nH]c2)c1. The van der Waals surface area contributed by atoms with Gasteiger partial charge in [0.05, 0.1) is 12.7 Å². The largest absolute Gasteiger partial charge is 0.497 e. The molecule has 2 rings (SSSR count). The Morgan fingerprint density at radius 2 is 2.25 bits per heavy atom. The average molecular weight is 216 g/mol. The zero-order chi connectivity index (χ0) is 11.4. The van der Waals surface area contributed by atoms with Gasteiger partial charge in [-0.25, -0.2) is 0 Å². The molecule has 2 N–H and O–H groups in total. The molecule has 1 amide bonds. The number of methoxy groups -OCH3 is 1. The number of ether oxygens (including phenoxy) is 1. The van der Waals surface area contributed by atoms with Crippen molar-refractivity contribution in [2.45, 2.75) is 0 Å². The van der Waals surface area contributed by atoms with E-state index in [1.165, 1.54) is 0 Å². The summed E-state index contributed by atoms with van der Waals surface area (Å²) in [6.45, 7) is 0. The number of benzene rings is 1. The van der Waals surface area contributed by atoms with Crippen molar-refractivity contribution in [3.8, 4) is 5.75 Å². The molecule has 4 nitrogen and oxygen atoms in total. The lowest BCUT2D eigenvalue weighted by molar-refractivity contribution is 0.102. The number of anilines is 1. The summed E-state index contributed by atoms with van der Waals surface area (Å²) in [4.78, 5) is 14.5. The standard InChI is InChI=1S/C12H12N2O2/c1-16-11-4-2-3-10(7-11)14-12(15)9-5-6-13-8-9/h2-8,13H,1H3,(H,14,15). The van der Waals surface area contributed by atoms with E-state index in [4.69, 9.17) is 4.74 Å². The van der Waals surface area contributed by atoms with Gasteiger partial charge in [0.25, 0.3) is 5.91 Å². The van der Waals surface area contributed by atoms with Crippen LogP contribution >= 0.6 is 0 Å². The molecule has 1 aromatic heterocycles. The summed E-state index contributed by atoms with van der Waals surface area (Å²) in [5.74, 6) is 0.571. The third kappa shape index (κ3) is 2.23. The van der Waals surface area contributed by atoms with Crippen molar-refractivity contribution in [3.05, 3.63) is 48.3 Å². The average Bonchev–Trinajstić information content (AvgIpc) is 2.83. The highest BCUT2D eigenvalue weighted by Crippen LogP contribution is 2.17. The molecule has 0 spiro atoms. The van der Waals surface area contributed by atoms with Crippen molar-refractivity contribution in [1.82, 2.24) is 4.98 Å². The molecule has 16 heavy (non-hydrogen) atoms. The summed E-state index contributed by atoms with van der Waals surface area (Å²) >= 11 is 0. The number of aromatic amines is 1. The minimum Gasteiger partial charge on any atom is -0.497 e. The Hall–Kier alpha value is -2.23. The van der Waals surface area contributed by atoms with Crippen LogP contribution < -0.4 is 10.1 Å². The van der Waals surface area contributed by atoms with E-state index in [1.54, 1.807) is 31.6 Å². The Kier molecular flexibility index (Phi) is 2.91. The van der Waals surface area contributed by atoms with Crippen molar-refractivity contribution < 1.29 is 9.53 Å². The zero-order valence-corrected chi connectivity index (χ0v) is 8.86. The van der Waals surface area contributed by atoms with Gasteiger partial charge in [0.15, 0.2) is 0 Å². The number of hydrogen-bond acceptors (Lipinski definition) is 2. The van der Waals surface area contributed by atoms with Crippen molar-refractivity contribution in [1.29, 1.82) is 0 Å². The van der Waals surface area contributed by atoms with E-state index in [1.807, 2.05) is 18.2 Å². The number of H-pyrrole nitrogens is 1. The van der Waals surface area contributed by atoms with Crippen molar-refractivity contribution in [2.24, 2.45) is 0 Å². The molecule has 2 aromatic rings. The maximum absolute atomic E-state index is 11.7. The Bertz CT molecular complexity index is 478. The molecule has 4 heteroatoms. The van der Waals surface area contributed by atoms with Gasteiger partial charge in [-0.3, -0.25) is 4.79 Å². The predicted octanol–water partition coefficient (Wildman–Crippen LogP) is 2.28. The topological polar surface area (TPSA) is 54.1 Å². The highest BCUT2D eigenvalue weighted by molar-refractivity contribution is 6.04. The van der Waals surface area contributed by atoms with Crippen LogP contribution in [0.2, 0.25) is 0 Å². The number of rotatable bonds is 3. The number of hydrogen-bond donors (Lipinski definition) is 2. The van der Waals surface area contributed by atoms with Crippen molar-refractivity contribution >= 4 is 11.6 Å². The first-order valence-corrected chi connectivity index (χ1v) is 4.88. The van der Waals surface area contributed by atoms with E-state index in [2.05, 4.69) is 10.3 Å². The van der Waals surface area contributed by atoms with E-state index >= 15 is 0 Å². The lowest BCUT2D eigenvalue weighted by atomic mass is 10.2. The third-order valence-corrected chi connectivity index (χ3v) is 2.19. The van der Waals surface area contributed by atoms with Crippen LogP contribution in [0.25, 0.3) is 0 Å². The fraction of sp³-hybridized carbons (Fsp3) is 0.0833. The molecule has 0 saturated carbocycles. The number of carbonyl (C=O) groups excluding carboxylic acids is 1. The highest BCUT2D eigenvalue weighted by Gasteiger charge is 2.05. The van der Waals surface area contributed by atoms with Gasteiger partial charge >= 0.3 is 0 Å². The first-order chi connectivity index (χ1) is 7.79. The minimum atomic E-state index is -0.144. The van der Waals surface area contributed by atoms with Crippen LogP contribution in [0.4, 0.5) is 5.69 Å². The molecule has 0 aliphatic carbocycles. The van der Waals surface area contributed by atoms with Gasteiger partial charge in [0, 0.05) is 24.1 Å². The summed E-state index contributed by atoms with van der Waals surface area (Å²) in [5.41, 5.74) is 1.31. The van der Waals surface area contributed by atoms with Gasteiger partial charge in [-0.15, -0.1) is 0 Å². The summed E-state index contributed by atoms with van der Waals surface area (Å²) in [7, 11) is 1.59. The number of aromatic nitrogens is 1. The van der Waals surface area contributed by atoms with Gasteiger partial charge in [-0.1, -0.05) is 6.07 Å². The maximum Gasteiger partial charge on any atom is 0.257 e. The Balaban J connectivity index is 2.12. The minimum absolute atomic E-state index is 0.144. The van der Waals surface area contributed by atoms with E-state index in [0.29, 0.717) is 17.0 Å². The molecular weight excluding hydrogens is 204 g/mol. The van der Waals surface area contributed by atoms with Crippen LogP contribution in [0, 0.1) is 0 Å². The van der Waals surface area contributed by atoms with E-state index in [-0.39, 0.29) is 5.91 Å². The Morgan fingerprint density at radius 1 is 1.38 bits per heavy atom. The molecule has 0 aliphatic rings. The number of amides is 1. The summed E-state index contributed by atoms with van der Waals surface area (Å²) < 4.78 is 5.07. The lowest BCUT2D eigenvalue weighted by Gasteiger charge is -2.05. The van der Waals surface area contributed by atoms with Gasteiger partial charge in [0.1, 0.15) is 5.75 Å². The number of carbonyl (C=O) groups is 1. The van der Waals surface area contributed by atoms with E-state index in [9.17, 15) is 4.79 Å². The smallest absolute Gasteiger partial charge is 0.257 e. The molecule has 82 valence electrons. The fourth-order valence-corrected chi connectivity index (χ4v) is 1.37. The van der Waals surface area contributed by atoms with Gasteiger partial charge < -0.3 is 15.0 Å². The molecule has 1 heterocycles. The van der Waals surface area contributed by atoms with E-state index in [0.717, 1.165) is 0 Å². The van der Waals surface area contributed by atoms with Crippen LogP contribution in [-0.2, 0) is 0 Å². The quantitative estimate of drug-likeness (QED) is 0.826. The summed E-state index contributed by atoms with van der Waals surface area (Å²) in [5, 5.41) is 2.78. The van der Waals surface area contributed by atoms with Crippen LogP contribution in [0.1, 0.15) is 10.4 Å². The second-order valence-electron chi connectivity index (χ2n) is 3.29. The first kappa shape index (κ1) is 10.3. The second kappa shape index (κ2) is 4.53. The highest BCUT2D eigenvalue weighted by atomic mass is 16.5. The van der Waals surface area contributed by atoms with Crippen molar-refractivity contribution in [2.75, 3.05) is 12.4 Å². The zero-order valence-electron chi connectivity index (χ0n) is 8.86. The monoisotopic (exact) mass is 216 g/mol. The molecule has 0 saturated heterocycles. The second-order valence-corrected chi connectivity index (χ2v) is 3.29. The molecule has 0 unspecified atom stereocenters. The fourth-order valence-electron chi connectivity index (χ4n) is 1.37. The Morgan fingerprint density at radius 3 is 2.94 bits per heavy atom. The lowest BCUT2D eigenvalue weighted by Crippen LogP contribution is -2.10. The summed E-state index contributed by atoms with van der Waals surface area (Å²) in [6, 6.07) is 8.95. The van der Waals surface area contributed by atoms with E-state index < -0.39 is 0 Å². The first-order valence-electron chi connectivity index (χ1n) is 4.88. The van der Waals surface area contributed by atoms with Crippen LogP contribution in [0.15, 0.2) is 42.7 Å². The molecule has 0 bridgehead atoms. The van der Waals surface area contributed by atoms with Gasteiger partial charge in [0.2, 0.25) is 0 Å². The molecule has 0 radical (unpaired) electrons. The number of nitrogens with one attached hydrogen (secondary N) is 2. The molecule has 0 aliphatic heterocycles. The predicted molar refractivity (Wildman–Crippen MR) is 61.7 cm³/mol. The van der Waals surface area contributed by atoms with Crippen LogP contribution in [0.5, 0.6) is 5.75 Å². The van der Waals surface area contributed by atoms with Crippen LogP contribution in [0.3, 0.4) is 0 Å². The molecule has 0 fully saturated rings. The van der Waals surface area contributed by atoms with Crippen LogP contribution in [-0.4, -0.2) is 18.0 Å². The molecular formula is C12H12N2O2. The third-order valence-electron chi connectivity index (χ3n) is 2.19. The van der Waals surface area contributed by atoms with Crippen molar-refractivity contribution in [3.63, 3.8) is 0 Å². The Labute approximate surface area is 93.3 Å². The maximum atomic E-state index is 11.7. The molecule has 1 aromatic carbocycles. The van der Waals surface area contributed by atoms with Gasteiger partial charge in [-0.2, -0.15) is 0 Å². The molecule has 0 atom stereocenters. The van der Waals surface area contributed by atoms with Gasteiger partial charge in [-0.05, 0) is 18.2 Å².